The molecule has 104 valence electrons. The number of furan rings is 1. The van der Waals surface area contributed by atoms with Gasteiger partial charge in [0, 0.05) is 21.2 Å². The molecule has 0 aliphatic carbocycles. The van der Waals surface area contributed by atoms with Crippen molar-refractivity contribution in [1.29, 1.82) is 0 Å². The molecule has 20 heavy (non-hydrogen) atoms. The van der Waals surface area contributed by atoms with Crippen LogP contribution in [0.3, 0.4) is 0 Å². The fourth-order valence-corrected chi connectivity index (χ4v) is 4.24. The van der Waals surface area contributed by atoms with Gasteiger partial charge in [-0.25, -0.2) is 0 Å². The second kappa shape index (κ2) is 6.02. The van der Waals surface area contributed by atoms with Crippen molar-refractivity contribution in [3.05, 3.63) is 55.3 Å². The Kier molecular flexibility index (Phi) is 4.31. The van der Waals surface area contributed by atoms with Crippen LogP contribution in [0.5, 0.6) is 0 Å². The molecule has 0 radical (unpaired) electrons. The highest BCUT2D eigenvalue weighted by Crippen LogP contribution is 2.33. The SMILES string of the molecule is CNC(Cc1sccc1Br)c1cc2cccc(Br)c2o1. The Bertz CT molecular complexity index is 734. The van der Waals surface area contributed by atoms with E-state index in [1.54, 1.807) is 11.3 Å². The van der Waals surface area contributed by atoms with Gasteiger partial charge in [0.1, 0.15) is 11.3 Å². The zero-order valence-corrected chi connectivity index (χ0v) is 14.8. The standard InChI is InChI=1S/C15H13Br2NOS/c1-18-12(8-14-10(16)5-6-20-14)13-7-9-3-2-4-11(17)15(9)19-13/h2-7,12,18H,8H2,1H3. The van der Waals surface area contributed by atoms with Crippen molar-refractivity contribution in [3.63, 3.8) is 0 Å². The molecule has 0 spiro atoms. The van der Waals surface area contributed by atoms with Crippen LogP contribution in [0.15, 0.2) is 49.1 Å². The Morgan fingerprint density at radius 3 is 2.75 bits per heavy atom. The molecule has 3 aromatic rings. The first-order valence-electron chi connectivity index (χ1n) is 6.26. The summed E-state index contributed by atoms with van der Waals surface area (Å²) in [4.78, 5) is 1.32. The summed E-state index contributed by atoms with van der Waals surface area (Å²) in [7, 11) is 1.97. The molecule has 2 aromatic heterocycles. The average molecular weight is 415 g/mol. The Balaban J connectivity index is 1.95. The summed E-state index contributed by atoms with van der Waals surface area (Å²) in [6, 6.07) is 10.5. The van der Waals surface area contributed by atoms with E-state index in [1.807, 2.05) is 19.2 Å². The molecule has 1 unspecified atom stereocenters. The number of fused-ring (bicyclic) bond motifs is 1. The maximum Gasteiger partial charge on any atom is 0.148 e. The predicted molar refractivity (Wildman–Crippen MR) is 91.4 cm³/mol. The van der Waals surface area contributed by atoms with E-state index >= 15 is 0 Å². The molecule has 0 amide bonds. The third-order valence-electron chi connectivity index (χ3n) is 3.29. The molecule has 0 fully saturated rings. The van der Waals surface area contributed by atoms with E-state index < -0.39 is 0 Å². The van der Waals surface area contributed by atoms with Crippen molar-refractivity contribution in [3.8, 4) is 0 Å². The summed E-state index contributed by atoms with van der Waals surface area (Å²) in [5.74, 6) is 0.967. The number of nitrogens with one attached hydrogen (secondary N) is 1. The Hall–Kier alpha value is -0.620. The summed E-state index contributed by atoms with van der Waals surface area (Å²) in [6.07, 6.45) is 0.909. The number of para-hydroxylation sites is 1. The molecule has 0 saturated carbocycles. The minimum atomic E-state index is 0.171. The lowest BCUT2D eigenvalue weighted by atomic mass is 10.1. The summed E-state index contributed by atoms with van der Waals surface area (Å²) in [5.41, 5.74) is 0.910. The number of thiophene rings is 1. The van der Waals surface area contributed by atoms with Crippen LogP contribution in [0.2, 0.25) is 0 Å². The van der Waals surface area contributed by atoms with Gasteiger partial charge in [0.2, 0.25) is 0 Å². The minimum Gasteiger partial charge on any atom is -0.458 e. The van der Waals surface area contributed by atoms with Crippen molar-refractivity contribution >= 4 is 54.2 Å². The summed E-state index contributed by atoms with van der Waals surface area (Å²) in [5, 5.41) is 6.56. The normalized spacial score (nSPS) is 12.9. The molecule has 1 N–H and O–H groups in total. The van der Waals surface area contributed by atoms with Gasteiger partial charge < -0.3 is 9.73 Å². The van der Waals surface area contributed by atoms with Crippen LogP contribution in [-0.4, -0.2) is 7.05 Å². The number of benzene rings is 1. The van der Waals surface area contributed by atoms with Gasteiger partial charge in [-0.15, -0.1) is 11.3 Å². The van der Waals surface area contributed by atoms with Gasteiger partial charge in [0.15, 0.2) is 0 Å². The second-order valence-corrected chi connectivity index (χ2v) is 7.25. The highest BCUT2D eigenvalue weighted by atomic mass is 79.9. The maximum atomic E-state index is 6.02. The Labute approximate surface area is 138 Å². The fourth-order valence-electron chi connectivity index (χ4n) is 2.22. The molecule has 5 heteroatoms. The van der Waals surface area contributed by atoms with Gasteiger partial charge >= 0.3 is 0 Å². The van der Waals surface area contributed by atoms with Crippen LogP contribution < -0.4 is 5.32 Å². The largest absolute Gasteiger partial charge is 0.458 e. The molecule has 2 heterocycles. The molecule has 2 nitrogen and oxygen atoms in total. The van der Waals surface area contributed by atoms with Gasteiger partial charge in [-0.3, -0.25) is 0 Å². The summed E-state index contributed by atoms with van der Waals surface area (Å²) < 4.78 is 8.18. The smallest absolute Gasteiger partial charge is 0.148 e. The van der Waals surface area contributed by atoms with Crippen molar-refractivity contribution in [2.24, 2.45) is 0 Å². The van der Waals surface area contributed by atoms with Crippen LogP contribution >= 0.6 is 43.2 Å². The highest BCUT2D eigenvalue weighted by molar-refractivity contribution is 9.11. The first-order valence-corrected chi connectivity index (χ1v) is 8.72. The third-order valence-corrected chi connectivity index (χ3v) is 5.86. The van der Waals surface area contributed by atoms with E-state index in [-0.39, 0.29) is 6.04 Å². The monoisotopic (exact) mass is 413 g/mol. The van der Waals surface area contributed by atoms with Crippen LogP contribution in [0.25, 0.3) is 11.0 Å². The molecule has 0 aliphatic heterocycles. The van der Waals surface area contributed by atoms with E-state index in [0.29, 0.717) is 0 Å². The number of hydrogen-bond acceptors (Lipinski definition) is 3. The molecule has 1 aromatic carbocycles. The molecule has 0 aliphatic rings. The molecular formula is C15H13Br2NOS. The average Bonchev–Trinajstić information content (AvgIpc) is 3.03. The lowest BCUT2D eigenvalue weighted by molar-refractivity contribution is 0.451. The molecule has 0 saturated heterocycles. The van der Waals surface area contributed by atoms with Crippen molar-refractivity contribution in [1.82, 2.24) is 5.32 Å². The third kappa shape index (κ3) is 2.72. The van der Waals surface area contributed by atoms with E-state index in [4.69, 9.17) is 4.42 Å². The van der Waals surface area contributed by atoms with E-state index in [0.717, 1.165) is 27.6 Å². The van der Waals surface area contributed by atoms with Crippen molar-refractivity contribution in [2.45, 2.75) is 12.5 Å². The van der Waals surface area contributed by atoms with Crippen LogP contribution in [-0.2, 0) is 6.42 Å². The number of likely N-dealkylation sites (N-methyl/N-ethyl adjacent to an activating group) is 1. The van der Waals surface area contributed by atoms with Crippen LogP contribution in [0.1, 0.15) is 16.7 Å². The number of halogens is 2. The van der Waals surface area contributed by atoms with Gasteiger partial charge in [0.05, 0.1) is 10.5 Å². The molecule has 3 rings (SSSR count). The molecule has 1 atom stereocenters. The zero-order chi connectivity index (χ0) is 14.1. The highest BCUT2D eigenvalue weighted by Gasteiger charge is 2.18. The Morgan fingerprint density at radius 1 is 1.25 bits per heavy atom. The van der Waals surface area contributed by atoms with E-state index in [1.165, 1.54) is 9.35 Å². The quantitative estimate of drug-likeness (QED) is 0.607. The zero-order valence-electron chi connectivity index (χ0n) is 10.8. The van der Waals surface area contributed by atoms with Crippen LogP contribution in [0.4, 0.5) is 0 Å². The predicted octanol–water partition coefficient (Wildman–Crippen LogP) is 5.52. The fraction of sp³-hybridized carbons (Fsp3) is 0.200. The lowest BCUT2D eigenvalue weighted by Crippen LogP contribution is -2.17. The van der Waals surface area contributed by atoms with Crippen molar-refractivity contribution in [2.75, 3.05) is 7.05 Å². The lowest BCUT2D eigenvalue weighted by Gasteiger charge is -2.12. The van der Waals surface area contributed by atoms with Gasteiger partial charge in [-0.1, -0.05) is 12.1 Å². The van der Waals surface area contributed by atoms with Crippen molar-refractivity contribution < 1.29 is 4.42 Å². The Morgan fingerprint density at radius 2 is 2.10 bits per heavy atom. The van der Waals surface area contributed by atoms with E-state index in [9.17, 15) is 0 Å². The van der Waals surface area contributed by atoms with E-state index in [2.05, 4.69) is 60.8 Å². The maximum absolute atomic E-state index is 6.02. The first kappa shape index (κ1) is 14.3. The minimum absolute atomic E-state index is 0.171. The van der Waals surface area contributed by atoms with Gasteiger partial charge in [-0.05, 0) is 62.5 Å². The van der Waals surface area contributed by atoms with Crippen LogP contribution in [0, 0.1) is 0 Å². The second-order valence-electron chi connectivity index (χ2n) is 4.54. The summed E-state index contributed by atoms with van der Waals surface area (Å²) >= 11 is 8.88. The molecular weight excluding hydrogens is 402 g/mol. The number of hydrogen-bond donors (Lipinski definition) is 1. The molecule has 0 bridgehead atoms. The summed E-state index contributed by atoms with van der Waals surface area (Å²) in [6.45, 7) is 0. The topological polar surface area (TPSA) is 25.2 Å². The number of rotatable bonds is 4. The van der Waals surface area contributed by atoms with Gasteiger partial charge in [0.25, 0.3) is 0 Å². The first-order chi connectivity index (χ1) is 9.69. The van der Waals surface area contributed by atoms with Gasteiger partial charge in [-0.2, -0.15) is 0 Å².